The number of carbonyl (C=O) groups excluding carboxylic acids is 1. The monoisotopic (exact) mass is 527 g/mol. The summed E-state index contributed by atoms with van der Waals surface area (Å²) in [4.78, 5) is 27.1. The topological polar surface area (TPSA) is 102 Å². The van der Waals surface area contributed by atoms with E-state index in [2.05, 4.69) is 6.07 Å². The fraction of sp³-hybridized carbons (Fsp3) is 0.481. The number of carbonyl (C=O) groups is 1. The van der Waals surface area contributed by atoms with Crippen LogP contribution in [0.3, 0.4) is 0 Å². The first-order valence-electron chi connectivity index (χ1n) is 12.9. The van der Waals surface area contributed by atoms with Crippen molar-refractivity contribution in [3.63, 3.8) is 0 Å². The number of nitrogens with zero attached hydrogens (tertiary/aromatic N) is 3. The summed E-state index contributed by atoms with van der Waals surface area (Å²) in [7, 11) is -2.37. The fourth-order valence-corrected chi connectivity index (χ4v) is 6.82. The molecule has 1 atom stereocenters. The first-order valence-corrected chi connectivity index (χ1v) is 14.4. The number of hydrogen-bond donors (Lipinski definition) is 0. The Kier molecular flexibility index (Phi) is 7.39. The van der Waals surface area contributed by atoms with Crippen LogP contribution in [0.1, 0.15) is 44.1 Å². The maximum absolute atomic E-state index is 13.7. The Labute approximate surface area is 216 Å². The number of fused-ring (bicyclic) bond motifs is 4. The minimum Gasteiger partial charge on any atom is -0.492 e. The molecule has 2 aromatic carbocycles. The molecule has 9 nitrogen and oxygen atoms in total. The largest absolute Gasteiger partial charge is 0.492 e. The summed E-state index contributed by atoms with van der Waals surface area (Å²) in [5, 5.41) is 0. The lowest BCUT2D eigenvalue weighted by Crippen LogP contribution is -2.44. The van der Waals surface area contributed by atoms with E-state index in [9.17, 15) is 18.0 Å². The van der Waals surface area contributed by atoms with Crippen molar-refractivity contribution in [1.29, 1.82) is 0 Å². The van der Waals surface area contributed by atoms with Gasteiger partial charge in [-0.15, -0.1) is 0 Å². The summed E-state index contributed by atoms with van der Waals surface area (Å²) >= 11 is 0. The number of oxazole rings is 1. The van der Waals surface area contributed by atoms with Crippen LogP contribution in [0.25, 0.3) is 11.1 Å². The van der Waals surface area contributed by atoms with Gasteiger partial charge in [0, 0.05) is 39.1 Å². The van der Waals surface area contributed by atoms with Gasteiger partial charge in [-0.1, -0.05) is 12.1 Å². The number of rotatable bonds is 2. The quantitative estimate of drug-likeness (QED) is 0.507. The molecule has 0 aliphatic carbocycles. The van der Waals surface area contributed by atoms with Crippen LogP contribution in [0.15, 0.2) is 56.6 Å². The average Bonchev–Trinajstić information content (AvgIpc) is 3.18. The van der Waals surface area contributed by atoms with Gasteiger partial charge in [-0.25, -0.2) is 13.2 Å². The number of sulfonamides is 1. The lowest BCUT2D eigenvalue weighted by molar-refractivity contribution is -0.135. The van der Waals surface area contributed by atoms with Crippen LogP contribution in [-0.2, 0) is 28.3 Å². The molecule has 2 aliphatic heterocycles. The Morgan fingerprint density at radius 2 is 1.78 bits per heavy atom. The molecule has 0 spiro atoms. The second-order valence-corrected chi connectivity index (χ2v) is 11.8. The number of benzene rings is 2. The van der Waals surface area contributed by atoms with Gasteiger partial charge in [0.1, 0.15) is 12.4 Å². The average molecular weight is 528 g/mol. The van der Waals surface area contributed by atoms with Gasteiger partial charge < -0.3 is 14.1 Å². The first kappa shape index (κ1) is 25.5. The molecule has 1 fully saturated rings. The second-order valence-electron chi connectivity index (χ2n) is 9.84. The number of hydrogen-bond acceptors (Lipinski definition) is 6. The summed E-state index contributed by atoms with van der Waals surface area (Å²) in [6.45, 7) is 1.27. The van der Waals surface area contributed by atoms with E-state index >= 15 is 0 Å². The molecule has 10 heteroatoms. The van der Waals surface area contributed by atoms with Gasteiger partial charge in [0.15, 0.2) is 5.58 Å². The van der Waals surface area contributed by atoms with Crippen LogP contribution in [0.5, 0.6) is 5.75 Å². The van der Waals surface area contributed by atoms with Crippen LogP contribution in [0, 0.1) is 0 Å². The normalized spacial score (nSPS) is 20.6. The van der Waals surface area contributed by atoms with E-state index in [-0.39, 0.29) is 36.5 Å². The molecule has 3 heterocycles. The van der Waals surface area contributed by atoms with E-state index < -0.39 is 15.8 Å². The van der Waals surface area contributed by atoms with Gasteiger partial charge in [-0.3, -0.25) is 9.36 Å². The number of piperidine rings is 1. The maximum atomic E-state index is 13.7. The predicted molar refractivity (Wildman–Crippen MR) is 139 cm³/mol. The van der Waals surface area contributed by atoms with Crippen molar-refractivity contribution >= 4 is 27.0 Å². The molecule has 2 aliphatic rings. The van der Waals surface area contributed by atoms with Crippen molar-refractivity contribution in [2.24, 2.45) is 7.05 Å². The van der Waals surface area contributed by atoms with E-state index in [1.54, 1.807) is 0 Å². The summed E-state index contributed by atoms with van der Waals surface area (Å²) in [5.74, 6) is 0.247. The van der Waals surface area contributed by atoms with Crippen molar-refractivity contribution in [2.45, 2.75) is 55.9 Å². The van der Waals surface area contributed by atoms with Gasteiger partial charge in [0.2, 0.25) is 15.9 Å². The highest BCUT2D eigenvalue weighted by molar-refractivity contribution is 7.89. The second kappa shape index (κ2) is 10.7. The summed E-state index contributed by atoms with van der Waals surface area (Å²) in [6, 6.07) is 12.5. The van der Waals surface area contributed by atoms with Crippen LogP contribution in [0.2, 0.25) is 0 Å². The van der Waals surface area contributed by atoms with Crippen LogP contribution < -0.4 is 10.5 Å². The smallest absolute Gasteiger partial charge is 0.419 e. The molecule has 1 amide bonds. The molecular formula is C27H33N3O6S. The Bertz CT molecular complexity index is 1440. The van der Waals surface area contributed by atoms with Gasteiger partial charge in [0.25, 0.3) is 0 Å². The lowest BCUT2D eigenvalue weighted by atomic mass is 9.95. The molecule has 2 bridgehead atoms. The Morgan fingerprint density at radius 1 is 0.919 bits per heavy atom. The van der Waals surface area contributed by atoms with Crippen molar-refractivity contribution < 1.29 is 22.4 Å². The third kappa shape index (κ3) is 5.45. The van der Waals surface area contributed by atoms with Crippen LogP contribution in [0.4, 0.5) is 0 Å². The van der Waals surface area contributed by atoms with Crippen molar-refractivity contribution in [3.05, 3.63) is 58.6 Å². The molecule has 5 rings (SSSR count). The van der Waals surface area contributed by atoms with E-state index in [0.29, 0.717) is 29.7 Å². The zero-order chi connectivity index (χ0) is 26.0. The number of amides is 1. The molecule has 1 saturated heterocycles. The Hall–Kier alpha value is -3.11. The molecule has 0 radical (unpaired) electrons. The molecule has 198 valence electrons. The molecule has 1 unspecified atom stereocenters. The summed E-state index contributed by atoms with van der Waals surface area (Å²) in [5.41, 5.74) is 1.88. The standard InChI is InChI=1S/C27H33N3O6S/c1-28-24-19-23(12-13-25(24)36-27(28)32)37(33,34)29-14-5-9-26(31)30-15-3-2-7-21(30)11-10-20-6-4-8-22(18-20)35-17-16-29/h4,6,8,12-13,18-19,21H,2-3,5,7,9-11,14-17H2,1H3. The Morgan fingerprint density at radius 3 is 2.65 bits per heavy atom. The first-order chi connectivity index (χ1) is 17.8. The third-order valence-corrected chi connectivity index (χ3v) is 9.32. The fourth-order valence-electron chi connectivity index (χ4n) is 5.34. The molecular weight excluding hydrogens is 494 g/mol. The van der Waals surface area contributed by atoms with E-state index in [0.717, 1.165) is 44.2 Å². The van der Waals surface area contributed by atoms with Gasteiger partial charge in [0.05, 0.1) is 10.4 Å². The third-order valence-electron chi connectivity index (χ3n) is 7.42. The van der Waals surface area contributed by atoms with E-state index in [1.165, 1.54) is 34.1 Å². The minimum atomic E-state index is -3.91. The minimum absolute atomic E-state index is 0.0683. The lowest BCUT2D eigenvalue weighted by Gasteiger charge is -2.36. The van der Waals surface area contributed by atoms with Crippen LogP contribution >= 0.6 is 0 Å². The van der Waals surface area contributed by atoms with Crippen molar-refractivity contribution in [2.75, 3.05) is 26.2 Å². The van der Waals surface area contributed by atoms with Crippen molar-refractivity contribution in [3.8, 4) is 5.75 Å². The van der Waals surface area contributed by atoms with Gasteiger partial charge >= 0.3 is 5.76 Å². The highest BCUT2D eigenvalue weighted by atomic mass is 32.2. The zero-order valence-electron chi connectivity index (χ0n) is 21.1. The highest BCUT2D eigenvalue weighted by Gasteiger charge is 2.29. The van der Waals surface area contributed by atoms with E-state index in [1.807, 2.05) is 23.1 Å². The van der Waals surface area contributed by atoms with Crippen molar-refractivity contribution in [1.82, 2.24) is 13.8 Å². The van der Waals surface area contributed by atoms with Gasteiger partial charge in [-0.2, -0.15) is 4.31 Å². The van der Waals surface area contributed by atoms with Crippen LogP contribution in [-0.4, -0.2) is 60.4 Å². The van der Waals surface area contributed by atoms with E-state index in [4.69, 9.17) is 9.15 Å². The predicted octanol–water partition coefficient (Wildman–Crippen LogP) is 3.31. The molecule has 0 saturated carbocycles. The molecule has 0 N–H and O–H groups in total. The number of aromatic nitrogens is 1. The summed E-state index contributed by atoms with van der Waals surface area (Å²) in [6.07, 6.45) is 5.62. The number of aryl methyl sites for hydroxylation is 2. The maximum Gasteiger partial charge on any atom is 0.419 e. The molecule has 3 aromatic rings. The SMILES string of the molecule is Cn1c(=O)oc2ccc(S(=O)(=O)N3CCCC(=O)N4CCCCC4CCc4cccc(c4)OCC3)cc21. The van der Waals surface area contributed by atoms with Gasteiger partial charge in [-0.05, 0) is 74.4 Å². The summed E-state index contributed by atoms with van der Waals surface area (Å²) < 4.78 is 41.1. The highest BCUT2D eigenvalue weighted by Crippen LogP contribution is 2.25. The number of ether oxygens (including phenoxy) is 1. The molecule has 37 heavy (non-hydrogen) atoms. The zero-order valence-corrected chi connectivity index (χ0v) is 21.9. The molecule has 1 aromatic heterocycles. The Balaban J connectivity index is 1.42.